The van der Waals surface area contributed by atoms with Crippen LogP contribution in [0.1, 0.15) is 15.9 Å². The van der Waals surface area contributed by atoms with Crippen molar-refractivity contribution in [2.24, 2.45) is 0 Å². The molecule has 2 aromatic rings. The highest BCUT2D eigenvalue weighted by molar-refractivity contribution is 9.10. The summed E-state index contributed by atoms with van der Waals surface area (Å²) >= 11 is 3.40. The van der Waals surface area contributed by atoms with Gasteiger partial charge in [-0.3, -0.25) is 14.9 Å². The van der Waals surface area contributed by atoms with Crippen molar-refractivity contribution in [3.8, 4) is 5.75 Å². The predicted octanol–water partition coefficient (Wildman–Crippen LogP) is 3.27. The SMILES string of the molecule is O=C(c1ccc([N+](=O)[O-])c(O)c1)N1CCc2cc(Br)ccc21. The molecule has 0 saturated heterocycles. The minimum Gasteiger partial charge on any atom is -0.502 e. The minimum absolute atomic E-state index is 0.221. The first-order chi connectivity index (χ1) is 10.5. The molecule has 1 aliphatic heterocycles. The number of halogens is 1. The van der Waals surface area contributed by atoms with Crippen molar-refractivity contribution >= 4 is 33.2 Å². The van der Waals surface area contributed by atoms with Gasteiger partial charge < -0.3 is 10.0 Å². The zero-order valence-electron chi connectivity index (χ0n) is 11.3. The first-order valence-electron chi connectivity index (χ1n) is 6.55. The molecular weight excluding hydrogens is 352 g/mol. The molecule has 112 valence electrons. The van der Waals surface area contributed by atoms with Crippen LogP contribution >= 0.6 is 15.9 Å². The topological polar surface area (TPSA) is 83.7 Å². The Morgan fingerprint density at radius 1 is 1.27 bits per heavy atom. The second-order valence-electron chi connectivity index (χ2n) is 4.94. The molecule has 0 aromatic heterocycles. The van der Waals surface area contributed by atoms with Gasteiger partial charge in [0.05, 0.1) is 4.92 Å². The summed E-state index contributed by atoms with van der Waals surface area (Å²) in [5.41, 5.74) is 1.70. The lowest BCUT2D eigenvalue weighted by atomic mass is 10.1. The van der Waals surface area contributed by atoms with Crippen LogP contribution in [-0.4, -0.2) is 22.5 Å². The van der Waals surface area contributed by atoms with Gasteiger partial charge in [0.25, 0.3) is 5.91 Å². The highest BCUT2D eigenvalue weighted by Gasteiger charge is 2.27. The fourth-order valence-corrected chi connectivity index (χ4v) is 2.96. The Morgan fingerprint density at radius 2 is 2.05 bits per heavy atom. The number of nitro groups is 1. The average Bonchev–Trinajstić information content (AvgIpc) is 2.88. The van der Waals surface area contributed by atoms with E-state index in [4.69, 9.17) is 0 Å². The zero-order chi connectivity index (χ0) is 15.9. The molecule has 0 saturated carbocycles. The number of carbonyl (C=O) groups excluding carboxylic acids is 1. The molecule has 22 heavy (non-hydrogen) atoms. The summed E-state index contributed by atoms with van der Waals surface area (Å²) in [7, 11) is 0. The maximum Gasteiger partial charge on any atom is 0.310 e. The monoisotopic (exact) mass is 362 g/mol. The van der Waals surface area contributed by atoms with Crippen molar-refractivity contribution in [3.63, 3.8) is 0 Å². The maximum absolute atomic E-state index is 12.6. The van der Waals surface area contributed by atoms with Gasteiger partial charge in [0.2, 0.25) is 0 Å². The highest BCUT2D eigenvalue weighted by atomic mass is 79.9. The van der Waals surface area contributed by atoms with E-state index in [1.807, 2.05) is 18.2 Å². The molecule has 0 aliphatic carbocycles. The summed E-state index contributed by atoms with van der Waals surface area (Å²) in [5, 5.41) is 20.4. The zero-order valence-corrected chi connectivity index (χ0v) is 12.9. The Morgan fingerprint density at radius 3 is 2.73 bits per heavy atom. The fourth-order valence-electron chi connectivity index (χ4n) is 2.55. The molecule has 1 N–H and O–H groups in total. The van der Waals surface area contributed by atoms with Crippen LogP contribution in [0.3, 0.4) is 0 Å². The Labute approximate surface area is 134 Å². The average molecular weight is 363 g/mol. The third kappa shape index (κ3) is 2.43. The van der Waals surface area contributed by atoms with Gasteiger partial charge in [0, 0.05) is 28.3 Å². The first-order valence-corrected chi connectivity index (χ1v) is 7.34. The Bertz CT molecular complexity index is 791. The summed E-state index contributed by atoms with van der Waals surface area (Å²) in [4.78, 5) is 24.2. The van der Waals surface area contributed by atoms with Crippen LogP contribution in [0, 0.1) is 10.1 Å². The van der Waals surface area contributed by atoms with Crippen LogP contribution in [-0.2, 0) is 6.42 Å². The van der Waals surface area contributed by atoms with E-state index in [0.717, 1.165) is 34.3 Å². The molecule has 0 spiro atoms. The standard InChI is InChI=1S/C15H11BrN2O4/c16-11-2-4-12-9(7-11)5-6-17(12)15(20)10-1-3-13(18(21)22)14(19)8-10/h1-4,7-8,19H,5-6H2. The number of aromatic hydroxyl groups is 1. The van der Waals surface area contributed by atoms with Gasteiger partial charge in [0.15, 0.2) is 5.75 Å². The van der Waals surface area contributed by atoms with Crippen molar-refractivity contribution < 1.29 is 14.8 Å². The number of nitro benzene ring substituents is 1. The van der Waals surface area contributed by atoms with Crippen LogP contribution in [0.4, 0.5) is 11.4 Å². The predicted molar refractivity (Wildman–Crippen MR) is 84.3 cm³/mol. The Hall–Kier alpha value is -2.41. The number of phenols is 1. The minimum atomic E-state index is -0.688. The first kappa shape index (κ1) is 14.5. The van der Waals surface area contributed by atoms with Gasteiger partial charge in [-0.1, -0.05) is 15.9 Å². The number of hydrogen-bond acceptors (Lipinski definition) is 4. The Kier molecular flexibility index (Phi) is 3.58. The van der Waals surface area contributed by atoms with Crippen LogP contribution in [0.25, 0.3) is 0 Å². The van der Waals surface area contributed by atoms with Gasteiger partial charge in [0.1, 0.15) is 0 Å². The molecule has 0 fully saturated rings. The molecule has 0 unspecified atom stereocenters. The molecule has 1 heterocycles. The summed E-state index contributed by atoms with van der Waals surface area (Å²) in [6.45, 7) is 0.544. The largest absolute Gasteiger partial charge is 0.502 e. The molecule has 0 radical (unpaired) electrons. The van der Waals surface area contributed by atoms with E-state index in [-0.39, 0.29) is 11.5 Å². The van der Waals surface area contributed by atoms with Gasteiger partial charge in [-0.25, -0.2) is 0 Å². The Balaban J connectivity index is 1.93. The number of amides is 1. The molecule has 3 rings (SSSR count). The van der Waals surface area contributed by atoms with Gasteiger partial charge >= 0.3 is 5.69 Å². The lowest BCUT2D eigenvalue weighted by Gasteiger charge is -2.17. The number of hydrogen-bond donors (Lipinski definition) is 1. The number of anilines is 1. The van der Waals surface area contributed by atoms with Gasteiger partial charge in [-0.15, -0.1) is 0 Å². The number of carbonyl (C=O) groups is 1. The summed E-state index contributed by atoms with van der Waals surface area (Å²) < 4.78 is 0.952. The molecule has 7 heteroatoms. The smallest absolute Gasteiger partial charge is 0.310 e. The normalized spacial score (nSPS) is 13.0. The van der Waals surface area contributed by atoms with E-state index in [1.54, 1.807) is 4.90 Å². The fraction of sp³-hybridized carbons (Fsp3) is 0.133. The number of benzene rings is 2. The molecular formula is C15H11BrN2O4. The van der Waals surface area contributed by atoms with E-state index >= 15 is 0 Å². The van der Waals surface area contributed by atoms with Gasteiger partial charge in [-0.2, -0.15) is 0 Å². The van der Waals surface area contributed by atoms with Crippen LogP contribution < -0.4 is 4.90 Å². The second kappa shape index (κ2) is 5.42. The van der Waals surface area contributed by atoms with Crippen molar-refractivity contribution in [2.75, 3.05) is 11.4 Å². The van der Waals surface area contributed by atoms with E-state index in [2.05, 4.69) is 15.9 Å². The van der Waals surface area contributed by atoms with E-state index < -0.39 is 16.4 Å². The second-order valence-corrected chi connectivity index (χ2v) is 5.86. The molecule has 1 aliphatic rings. The third-order valence-electron chi connectivity index (χ3n) is 3.60. The van der Waals surface area contributed by atoms with Crippen molar-refractivity contribution in [1.82, 2.24) is 0 Å². The summed E-state index contributed by atoms with van der Waals surface area (Å²) in [5.74, 6) is -0.794. The maximum atomic E-state index is 12.6. The van der Waals surface area contributed by atoms with E-state index in [9.17, 15) is 20.0 Å². The molecule has 2 aromatic carbocycles. The summed E-state index contributed by atoms with van der Waals surface area (Å²) in [6.07, 6.45) is 0.749. The lowest BCUT2D eigenvalue weighted by molar-refractivity contribution is -0.385. The molecule has 0 atom stereocenters. The van der Waals surface area contributed by atoms with Crippen LogP contribution in [0.5, 0.6) is 5.75 Å². The summed E-state index contributed by atoms with van der Waals surface area (Å²) in [6, 6.07) is 9.32. The molecule has 0 bridgehead atoms. The molecule has 6 nitrogen and oxygen atoms in total. The van der Waals surface area contributed by atoms with E-state index in [1.165, 1.54) is 6.07 Å². The quantitative estimate of drug-likeness (QED) is 0.656. The number of fused-ring (bicyclic) bond motifs is 1. The van der Waals surface area contributed by atoms with Gasteiger partial charge in [-0.05, 0) is 42.3 Å². The van der Waals surface area contributed by atoms with Crippen LogP contribution in [0.15, 0.2) is 40.9 Å². The molecule has 1 amide bonds. The van der Waals surface area contributed by atoms with E-state index in [0.29, 0.717) is 6.54 Å². The number of phenolic OH excluding ortho intramolecular Hbond substituents is 1. The van der Waals surface area contributed by atoms with Crippen molar-refractivity contribution in [3.05, 3.63) is 62.1 Å². The highest BCUT2D eigenvalue weighted by Crippen LogP contribution is 2.33. The third-order valence-corrected chi connectivity index (χ3v) is 4.09. The number of nitrogens with zero attached hydrogens (tertiary/aromatic N) is 2. The number of rotatable bonds is 2. The lowest BCUT2D eigenvalue weighted by Crippen LogP contribution is -2.28. The van der Waals surface area contributed by atoms with Crippen molar-refractivity contribution in [1.29, 1.82) is 0 Å². The van der Waals surface area contributed by atoms with Crippen molar-refractivity contribution in [2.45, 2.75) is 6.42 Å². The van der Waals surface area contributed by atoms with Crippen LogP contribution in [0.2, 0.25) is 0 Å².